The van der Waals surface area contributed by atoms with Crippen molar-refractivity contribution in [3.63, 3.8) is 0 Å². The van der Waals surface area contributed by atoms with E-state index in [2.05, 4.69) is 31.0 Å². The normalized spacial score (nSPS) is 31.6. The quantitative estimate of drug-likeness (QED) is 0.814. The molecule has 1 aliphatic carbocycles. The second-order valence-corrected chi connectivity index (χ2v) is 7.66. The minimum absolute atomic E-state index is 0.0812. The first-order chi connectivity index (χ1) is 9.51. The summed E-state index contributed by atoms with van der Waals surface area (Å²) < 4.78 is 0. The lowest BCUT2D eigenvalue weighted by Crippen LogP contribution is -2.51. The molecule has 2 N–H and O–H groups in total. The van der Waals surface area contributed by atoms with Crippen molar-refractivity contribution >= 4 is 0 Å². The van der Waals surface area contributed by atoms with Gasteiger partial charge in [0, 0.05) is 32.2 Å². The molecule has 0 radical (unpaired) electrons. The summed E-state index contributed by atoms with van der Waals surface area (Å²) in [6.07, 6.45) is 7.83. The summed E-state index contributed by atoms with van der Waals surface area (Å²) in [6.45, 7) is 11.2. The van der Waals surface area contributed by atoms with Crippen LogP contribution < -0.4 is 5.32 Å². The molecule has 2 atom stereocenters. The minimum atomic E-state index is -0.0812. The summed E-state index contributed by atoms with van der Waals surface area (Å²) in [7, 11) is 0. The number of hydrogen-bond acceptors (Lipinski definition) is 3. The predicted octanol–water partition coefficient (Wildman–Crippen LogP) is 2.64. The first-order valence-corrected chi connectivity index (χ1v) is 8.65. The zero-order valence-corrected chi connectivity index (χ0v) is 13.7. The largest absolute Gasteiger partial charge is 0.393 e. The molecule has 1 saturated heterocycles. The van der Waals surface area contributed by atoms with Crippen LogP contribution in [0.25, 0.3) is 0 Å². The Morgan fingerprint density at radius 3 is 2.55 bits per heavy atom. The van der Waals surface area contributed by atoms with Crippen molar-refractivity contribution in [3.8, 4) is 0 Å². The molecule has 1 aliphatic heterocycles. The van der Waals surface area contributed by atoms with E-state index >= 15 is 0 Å². The maximum absolute atomic E-state index is 9.90. The maximum Gasteiger partial charge on any atom is 0.0590 e. The van der Waals surface area contributed by atoms with Gasteiger partial charge in [-0.2, -0.15) is 0 Å². The van der Waals surface area contributed by atoms with Crippen LogP contribution in [0.2, 0.25) is 0 Å². The highest BCUT2D eigenvalue weighted by Crippen LogP contribution is 2.37. The lowest BCUT2D eigenvalue weighted by Gasteiger charge is -2.44. The van der Waals surface area contributed by atoms with Gasteiger partial charge in [-0.05, 0) is 30.6 Å². The number of likely N-dealkylation sites (tertiary alicyclic amines) is 1. The van der Waals surface area contributed by atoms with Crippen molar-refractivity contribution in [1.82, 2.24) is 10.2 Å². The zero-order valence-electron chi connectivity index (χ0n) is 13.7. The lowest BCUT2D eigenvalue weighted by molar-refractivity contribution is 0.00802. The van der Waals surface area contributed by atoms with Gasteiger partial charge in [0.05, 0.1) is 6.10 Å². The van der Waals surface area contributed by atoms with Crippen molar-refractivity contribution in [1.29, 1.82) is 0 Å². The topological polar surface area (TPSA) is 35.5 Å². The Balaban J connectivity index is 1.93. The number of nitrogens with zero attached hydrogens (tertiary/aromatic N) is 1. The standard InChI is InChI=1S/C17H34N2O/c1-14(2)18-12-17(8-5-4-6-9-17)13-19-10-7-16(20)15(3)11-19/h14-16,18,20H,4-13H2,1-3H3. The van der Waals surface area contributed by atoms with Crippen LogP contribution in [0.1, 0.15) is 59.3 Å². The maximum atomic E-state index is 9.90. The van der Waals surface area contributed by atoms with Crippen molar-refractivity contribution in [2.75, 3.05) is 26.2 Å². The van der Waals surface area contributed by atoms with Gasteiger partial charge in [0.15, 0.2) is 0 Å². The first kappa shape index (κ1) is 16.3. The van der Waals surface area contributed by atoms with E-state index in [0.717, 1.165) is 26.1 Å². The fourth-order valence-electron chi connectivity index (χ4n) is 3.95. The second-order valence-electron chi connectivity index (χ2n) is 7.66. The van der Waals surface area contributed by atoms with Gasteiger partial charge in [-0.3, -0.25) is 0 Å². The van der Waals surface area contributed by atoms with Gasteiger partial charge in [0.2, 0.25) is 0 Å². The third-order valence-corrected chi connectivity index (χ3v) is 5.30. The lowest BCUT2D eigenvalue weighted by atomic mass is 9.73. The van der Waals surface area contributed by atoms with Gasteiger partial charge in [0.25, 0.3) is 0 Å². The van der Waals surface area contributed by atoms with Gasteiger partial charge in [-0.25, -0.2) is 0 Å². The summed E-state index contributed by atoms with van der Waals surface area (Å²) in [4.78, 5) is 2.62. The number of aliphatic hydroxyl groups is 1. The van der Waals surface area contributed by atoms with Gasteiger partial charge >= 0.3 is 0 Å². The average molecular weight is 282 g/mol. The van der Waals surface area contributed by atoms with Crippen LogP contribution in [0.4, 0.5) is 0 Å². The molecular formula is C17H34N2O. The summed E-state index contributed by atoms with van der Waals surface area (Å²) in [5, 5.41) is 13.6. The van der Waals surface area contributed by atoms with Crippen LogP contribution in [0.15, 0.2) is 0 Å². The minimum Gasteiger partial charge on any atom is -0.393 e. The Morgan fingerprint density at radius 2 is 1.95 bits per heavy atom. The molecule has 2 unspecified atom stereocenters. The number of rotatable bonds is 5. The van der Waals surface area contributed by atoms with Gasteiger partial charge in [-0.15, -0.1) is 0 Å². The molecule has 118 valence electrons. The molecule has 0 amide bonds. The zero-order chi connectivity index (χ0) is 14.6. The highest BCUT2D eigenvalue weighted by molar-refractivity contribution is 4.90. The average Bonchev–Trinajstić information content (AvgIpc) is 2.42. The second kappa shape index (κ2) is 7.24. The molecule has 3 heteroatoms. The third kappa shape index (κ3) is 4.44. The van der Waals surface area contributed by atoms with Gasteiger partial charge in [0.1, 0.15) is 0 Å². The summed E-state index contributed by atoms with van der Waals surface area (Å²) in [5.41, 5.74) is 0.477. The molecule has 0 aromatic heterocycles. The van der Waals surface area contributed by atoms with Crippen molar-refractivity contribution < 1.29 is 5.11 Å². The summed E-state index contributed by atoms with van der Waals surface area (Å²) >= 11 is 0. The molecule has 2 aliphatic rings. The number of aliphatic hydroxyl groups excluding tert-OH is 1. The molecule has 2 fully saturated rings. The Hall–Kier alpha value is -0.120. The number of piperidine rings is 1. The molecule has 1 saturated carbocycles. The number of nitrogens with one attached hydrogen (secondary N) is 1. The van der Waals surface area contributed by atoms with Crippen LogP contribution in [0.5, 0.6) is 0 Å². The smallest absolute Gasteiger partial charge is 0.0590 e. The molecule has 0 aromatic rings. The molecular weight excluding hydrogens is 248 g/mol. The third-order valence-electron chi connectivity index (χ3n) is 5.30. The van der Waals surface area contributed by atoms with E-state index in [1.807, 2.05) is 0 Å². The van der Waals surface area contributed by atoms with Crippen LogP contribution in [-0.4, -0.2) is 48.3 Å². The van der Waals surface area contributed by atoms with Gasteiger partial charge in [-0.1, -0.05) is 40.0 Å². The molecule has 0 spiro atoms. The Bertz CT molecular complexity index is 287. The van der Waals surface area contributed by atoms with Gasteiger partial charge < -0.3 is 15.3 Å². The van der Waals surface area contributed by atoms with Crippen LogP contribution in [0, 0.1) is 11.3 Å². The SMILES string of the molecule is CC(C)NCC1(CN2CCC(O)C(C)C2)CCCCC1. The van der Waals surface area contributed by atoms with Crippen molar-refractivity contribution in [3.05, 3.63) is 0 Å². The van der Waals surface area contributed by atoms with Crippen molar-refractivity contribution in [2.45, 2.75) is 71.4 Å². The fourth-order valence-corrected chi connectivity index (χ4v) is 3.95. The molecule has 2 rings (SSSR count). The molecule has 0 bridgehead atoms. The summed E-state index contributed by atoms with van der Waals surface area (Å²) in [5.74, 6) is 0.433. The highest BCUT2D eigenvalue weighted by Gasteiger charge is 2.35. The molecule has 3 nitrogen and oxygen atoms in total. The van der Waals surface area contributed by atoms with E-state index < -0.39 is 0 Å². The number of hydrogen-bond donors (Lipinski definition) is 2. The van der Waals surface area contributed by atoms with Crippen molar-refractivity contribution in [2.24, 2.45) is 11.3 Å². The van der Waals surface area contributed by atoms with Crippen LogP contribution in [0.3, 0.4) is 0 Å². The molecule has 0 aromatic carbocycles. The monoisotopic (exact) mass is 282 g/mol. The molecule has 1 heterocycles. The predicted molar refractivity (Wildman–Crippen MR) is 84.9 cm³/mol. The summed E-state index contributed by atoms with van der Waals surface area (Å²) in [6, 6.07) is 0.580. The Kier molecular flexibility index (Phi) is 5.88. The van der Waals surface area contributed by atoms with E-state index in [4.69, 9.17) is 0 Å². The Labute approximate surface area is 125 Å². The fraction of sp³-hybridized carbons (Fsp3) is 1.00. The van der Waals surface area contributed by atoms with Crippen LogP contribution in [-0.2, 0) is 0 Å². The van der Waals surface area contributed by atoms with E-state index in [1.165, 1.54) is 38.6 Å². The van der Waals surface area contributed by atoms with E-state index in [9.17, 15) is 5.11 Å². The Morgan fingerprint density at radius 1 is 1.25 bits per heavy atom. The van der Waals surface area contributed by atoms with Crippen LogP contribution >= 0.6 is 0 Å². The van der Waals surface area contributed by atoms with E-state index in [1.54, 1.807) is 0 Å². The molecule has 20 heavy (non-hydrogen) atoms. The highest BCUT2D eigenvalue weighted by atomic mass is 16.3. The first-order valence-electron chi connectivity index (χ1n) is 8.65. The van der Waals surface area contributed by atoms with E-state index in [-0.39, 0.29) is 6.10 Å². The van der Waals surface area contributed by atoms with E-state index in [0.29, 0.717) is 17.4 Å².